The average Bonchev–Trinajstić information content (AvgIpc) is 3.95. The van der Waals surface area contributed by atoms with Crippen LogP contribution in [0.5, 0.6) is 0 Å². The fourth-order valence-electron chi connectivity index (χ4n) is 7.79. The first-order valence-electron chi connectivity index (χ1n) is 18.0. The number of fused-ring (bicyclic) bond motifs is 7. The fraction of sp³-hybridized carbons (Fsp3) is 0. The van der Waals surface area contributed by atoms with Gasteiger partial charge < -0.3 is 18.2 Å². The van der Waals surface area contributed by atoms with E-state index in [4.69, 9.17) is 18.2 Å². The van der Waals surface area contributed by atoms with Crippen molar-refractivity contribution in [2.45, 2.75) is 0 Å². The number of nitrogens with zero attached hydrogens (tertiary/aromatic N) is 2. The molecule has 5 nitrogen and oxygen atoms in total. The van der Waals surface area contributed by atoms with Crippen LogP contribution in [-0.2, 0) is 0 Å². The van der Waals surface area contributed by atoms with Gasteiger partial charge in [-0.3, -0.25) is 0 Å². The SMILES string of the molecule is c1ccc(-c2ccc(N(c3ccc(-c4c5nc(-c6ccccc6)oc5cc5c4oc4ccccc45)cc3)c3cccc4oc5ccccc5c34)cc2)cc1. The zero-order chi connectivity index (χ0) is 35.6. The normalized spacial score (nSPS) is 11.7. The van der Waals surface area contributed by atoms with E-state index in [1.165, 1.54) is 5.56 Å². The van der Waals surface area contributed by atoms with E-state index in [9.17, 15) is 0 Å². The van der Waals surface area contributed by atoms with Gasteiger partial charge in [0.2, 0.25) is 5.89 Å². The Bertz CT molecular complexity index is 3140. The molecule has 0 N–H and O–H groups in total. The van der Waals surface area contributed by atoms with Crippen LogP contribution >= 0.6 is 0 Å². The highest BCUT2D eigenvalue weighted by Crippen LogP contribution is 2.46. The van der Waals surface area contributed by atoms with Crippen molar-refractivity contribution in [3.63, 3.8) is 0 Å². The van der Waals surface area contributed by atoms with E-state index in [-0.39, 0.29) is 0 Å². The zero-order valence-electron chi connectivity index (χ0n) is 28.9. The van der Waals surface area contributed by atoms with E-state index in [1.807, 2.05) is 72.8 Å². The minimum Gasteiger partial charge on any atom is -0.456 e. The van der Waals surface area contributed by atoms with E-state index >= 15 is 0 Å². The van der Waals surface area contributed by atoms with Gasteiger partial charge in [0, 0.05) is 33.1 Å². The molecule has 0 aliphatic carbocycles. The molecule has 3 aromatic heterocycles. The van der Waals surface area contributed by atoms with Crippen LogP contribution in [0.15, 0.2) is 195 Å². The van der Waals surface area contributed by atoms with Crippen LogP contribution in [0.1, 0.15) is 0 Å². The molecule has 0 saturated carbocycles. The molecule has 0 fully saturated rings. The minimum atomic E-state index is 0.575. The maximum atomic E-state index is 6.60. The number of hydrogen-bond acceptors (Lipinski definition) is 5. The summed E-state index contributed by atoms with van der Waals surface area (Å²) in [5.74, 6) is 0.575. The molecule has 54 heavy (non-hydrogen) atoms. The third-order valence-corrected chi connectivity index (χ3v) is 10.3. The number of benzene rings is 8. The van der Waals surface area contributed by atoms with E-state index < -0.39 is 0 Å². The smallest absolute Gasteiger partial charge is 0.227 e. The van der Waals surface area contributed by atoms with Crippen molar-refractivity contribution in [2.24, 2.45) is 0 Å². The molecule has 5 heteroatoms. The monoisotopic (exact) mass is 694 g/mol. The third kappa shape index (κ3) is 4.83. The summed E-state index contributed by atoms with van der Waals surface area (Å²) >= 11 is 0. The maximum Gasteiger partial charge on any atom is 0.227 e. The number of rotatable bonds is 6. The van der Waals surface area contributed by atoms with Gasteiger partial charge in [0.1, 0.15) is 27.8 Å². The molecule has 254 valence electrons. The van der Waals surface area contributed by atoms with Gasteiger partial charge in [-0.25, -0.2) is 4.98 Å². The molecule has 0 aliphatic heterocycles. The summed E-state index contributed by atoms with van der Waals surface area (Å²) in [5, 5.41) is 4.17. The van der Waals surface area contributed by atoms with Gasteiger partial charge in [-0.1, -0.05) is 115 Å². The van der Waals surface area contributed by atoms with Crippen LogP contribution in [0.3, 0.4) is 0 Å². The van der Waals surface area contributed by atoms with Crippen LogP contribution < -0.4 is 4.90 Å². The van der Waals surface area contributed by atoms with Gasteiger partial charge >= 0.3 is 0 Å². The van der Waals surface area contributed by atoms with Gasteiger partial charge in [0.15, 0.2) is 5.58 Å². The van der Waals surface area contributed by atoms with Crippen molar-refractivity contribution in [3.8, 4) is 33.7 Å². The number of aromatic nitrogens is 1. The van der Waals surface area contributed by atoms with Crippen molar-refractivity contribution in [1.29, 1.82) is 0 Å². The number of anilines is 3. The molecule has 11 rings (SSSR count). The summed E-state index contributed by atoms with van der Waals surface area (Å²) in [6, 6.07) is 62.6. The highest BCUT2D eigenvalue weighted by Gasteiger charge is 2.23. The molecule has 0 unspecified atom stereocenters. The molecule has 0 spiro atoms. The van der Waals surface area contributed by atoms with E-state index in [1.54, 1.807) is 0 Å². The zero-order valence-corrected chi connectivity index (χ0v) is 28.9. The molecule has 0 radical (unpaired) electrons. The lowest BCUT2D eigenvalue weighted by atomic mass is 9.99. The number of oxazole rings is 1. The van der Waals surface area contributed by atoms with E-state index in [2.05, 4.69) is 114 Å². The Balaban J connectivity index is 1.11. The quantitative estimate of drug-likeness (QED) is 0.173. The molecule has 0 bridgehead atoms. The summed E-state index contributed by atoms with van der Waals surface area (Å²) in [5.41, 5.74) is 13.0. The molecular weight excluding hydrogens is 665 g/mol. The topological polar surface area (TPSA) is 55.6 Å². The summed E-state index contributed by atoms with van der Waals surface area (Å²) in [6.45, 7) is 0. The van der Waals surface area contributed by atoms with Crippen LogP contribution in [0.2, 0.25) is 0 Å². The molecular formula is C49H30N2O3. The Labute approximate surface area is 309 Å². The van der Waals surface area contributed by atoms with Crippen molar-refractivity contribution in [2.75, 3.05) is 4.90 Å². The van der Waals surface area contributed by atoms with Gasteiger partial charge in [-0.15, -0.1) is 0 Å². The predicted molar refractivity (Wildman–Crippen MR) is 220 cm³/mol. The second-order valence-corrected chi connectivity index (χ2v) is 13.5. The molecule has 0 saturated heterocycles. The van der Waals surface area contributed by atoms with Crippen molar-refractivity contribution in [3.05, 3.63) is 182 Å². The van der Waals surface area contributed by atoms with Gasteiger partial charge in [0.05, 0.1) is 16.6 Å². The van der Waals surface area contributed by atoms with Crippen molar-refractivity contribution in [1.82, 2.24) is 4.98 Å². The number of para-hydroxylation sites is 2. The first kappa shape index (κ1) is 30.3. The largest absolute Gasteiger partial charge is 0.456 e. The number of furan rings is 2. The lowest BCUT2D eigenvalue weighted by Gasteiger charge is -2.26. The predicted octanol–water partition coefficient (Wildman–Crippen LogP) is 14.1. The minimum absolute atomic E-state index is 0.575. The van der Waals surface area contributed by atoms with Crippen LogP contribution in [0.4, 0.5) is 17.1 Å². The Hall–Kier alpha value is -7.37. The first-order valence-corrected chi connectivity index (χ1v) is 18.0. The molecule has 8 aromatic carbocycles. The van der Waals surface area contributed by atoms with E-state index in [0.717, 1.165) is 88.7 Å². The van der Waals surface area contributed by atoms with E-state index in [0.29, 0.717) is 11.5 Å². The molecule has 0 amide bonds. The Morgan fingerprint density at radius 2 is 0.963 bits per heavy atom. The summed E-state index contributed by atoms with van der Waals surface area (Å²) < 4.78 is 19.4. The molecule has 11 aromatic rings. The highest BCUT2D eigenvalue weighted by atomic mass is 16.4. The standard InChI is InChI=1S/C49H30N2O3/c1-3-12-31(13-4-1)32-22-26-35(27-23-32)51(40-18-11-21-43-46(40)38-17-8-10-20-42(38)52-43)36-28-24-33(25-29-36)45-47-44(54-49(50-47)34-14-5-2-6-15-34)30-39-37-16-7-9-19-41(37)53-48(39)45/h1-30H. The van der Waals surface area contributed by atoms with Crippen molar-refractivity contribution >= 4 is 72.0 Å². The Morgan fingerprint density at radius 1 is 0.389 bits per heavy atom. The average molecular weight is 695 g/mol. The summed E-state index contributed by atoms with van der Waals surface area (Å²) in [4.78, 5) is 7.38. The Morgan fingerprint density at radius 3 is 1.69 bits per heavy atom. The number of hydrogen-bond donors (Lipinski definition) is 0. The lowest BCUT2D eigenvalue weighted by molar-refractivity contribution is 0.620. The Kier molecular flexibility index (Phi) is 6.79. The molecule has 0 atom stereocenters. The second kappa shape index (κ2) is 12.1. The highest BCUT2D eigenvalue weighted by molar-refractivity contribution is 6.17. The lowest BCUT2D eigenvalue weighted by Crippen LogP contribution is -2.10. The van der Waals surface area contributed by atoms with Gasteiger partial charge in [-0.05, 0) is 83.4 Å². The fourth-order valence-corrected chi connectivity index (χ4v) is 7.79. The molecule has 0 aliphatic rings. The third-order valence-electron chi connectivity index (χ3n) is 10.3. The van der Waals surface area contributed by atoms with Crippen LogP contribution in [0.25, 0.3) is 88.7 Å². The summed E-state index contributed by atoms with van der Waals surface area (Å²) in [7, 11) is 0. The summed E-state index contributed by atoms with van der Waals surface area (Å²) in [6.07, 6.45) is 0. The van der Waals surface area contributed by atoms with Gasteiger partial charge in [-0.2, -0.15) is 0 Å². The first-order chi connectivity index (χ1) is 26.8. The second-order valence-electron chi connectivity index (χ2n) is 13.5. The molecule has 3 heterocycles. The van der Waals surface area contributed by atoms with Crippen LogP contribution in [0, 0.1) is 0 Å². The maximum absolute atomic E-state index is 6.60. The van der Waals surface area contributed by atoms with Crippen LogP contribution in [-0.4, -0.2) is 4.98 Å². The van der Waals surface area contributed by atoms with Gasteiger partial charge in [0.25, 0.3) is 0 Å². The van der Waals surface area contributed by atoms with Crippen molar-refractivity contribution < 1.29 is 13.3 Å².